The molecule has 1 aliphatic heterocycles. The number of hydrogen-bond acceptors (Lipinski definition) is 6. The summed E-state index contributed by atoms with van der Waals surface area (Å²) in [6.07, 6.45) is 3.14. The molecule has 0 bridgehead atoms. The number of ether oxygens (including phenoxy) is 1. The van der Waals surface area contributed by atoms with Gasteiger partial charge >= 0.3 is 0 Å². The van der Waals surface area contributed by atoms with Crippen molar-refractivity contribution < 1.29 is 17.9 Å². The maximum absolute atomic E-state index is 12.5. The third-order valence-corrected chi connectivity index (χ3v) is 6.30. The summed E-state index contributed by atoms with van der Waals surface area (Å²) in [6.45, 7) is 0.614. The van der Waals surface area contributed by atoms with E-state index in [9.17, 15) is 13.2 Å². The largest absolute Gasteiger partial charge is 0.379 e. The molecule has 1 saturated heterocycles. The molecule has 0 spiro atoms. The first-order valence-corrected chi connectivity index (χ1v) is 9.71. The first-order valence-electron chi connectivity index (χ1n) is 8.11. The van der Waals surface area contributed by atoms with E-state index in [1.54, 1.807) is 41.5 Å². The van der Waals surface area contributed by atoms with Gasteiger partial charge in [0.15, 0.2) is 0 Å². The molecule has 9 nitrogen and oxygen atoms in total. The Morgan fingerprint density at radius 3 is 2.50 bits per heavy atom. The Morgan fingerprint density at radius 1 is 1.23 bits per heavy atom. The quantitative estimate of drug-likeness (QED) is 0.751. The maximum Gasteiger partial charge on any atom is 0.251 e. The zero-order chi connectivity index (χ0) is 18.7. The SMILES string of the molecule is CN(C)S(=O)(=O)C[C@@H]1COC[C@@H]1NC(=O)c1ccc(-n2cnnc2)cc1. The zero-order valence-corrected chi connectivity index (χ0v) is 15.4. The highest BCUT2D eigenvalue weighted by Crippen LogP contribution is 2.18. The minimum atomic E-state index is -3.36. The van der Waals surface area contributed by atoms with E-state index in [0.29, 0.717) is 18.8 Å². The van der Waals surface area contributed by atoms with Crippen LogP contribution in [0.25, 0.3) is 5.69 Å². The molecule has 0 aliphatic carbocycles. The minimum absolute atomic E-state index is 0.0580. The third kappa shape index (κ3) is 4.09. The van der Waals surface area contributed by atoms with E-state index in [-0.39, 0.29) is 23.6 Å². The lowest BCUT2D eigenvalue weighted by Gasteiger charge is -2.21. The molecule has 1 aliphatic rings. The number of carbonyl (C=O) groups is 1. The molecule has 0 radical (unpaired) electrons. The first kappa shape index (κ1) is 18.5. The fourth-order valence-electron chi connectivity index (χ4n) is 2.71. The van der Waals surface area contributed by atoms with Gasteiger partial charge in [-0.05, 0) is 24.3 Å². The first-order chi connectivity index (χ1) is 12.4. The average molecular weight is 379 g/mol. The number of nitrogens with zero attached hydrogens (tertiary/aromatic N) is 4. The van der Waals surface area contributed by atoms with Crippen molar-refractivity contribution in [2.45, 2.75) is 6.04 Å². The van der Waals surface area contributed by atoms with Crippen LogP contribution in [0.3, 0.4) is 0 Å². The molecule has 0 saturated carbocycles. The van der Waals surface area contributed by atoms with Gasteiger partial charge < -0.3 is 10.1 Å². The number of benzene rings is 1. The van der Waals surface area contributed by atoms with Gasteiger partial charge in [-0.1, -0.05) is 0 Å². The van der Waals surface area contributed by atoms with Gasteiger partial charge in [0.2, 0.25) is 10.0 Å². The molecular formula is C16H21N5O4S. The number of amides is 1. The molecular weight excluding hydrogens is 358 g/mol. The topological polar surface area (TPSA) is 106 Å². The summed E-state index contributed by atoms with van der Waals surface area (Å²) < 4.78 is 32.5. The van der Waals surface area contributed by atoms with E-state index in [2.05, 4.69) is 15.5 Å². The molecule has 2 heterocycles. The standard InChI is InChI=1S/C16H21N5O4S/c1-20(2)26(23,24)9-13-7-25-8-15(13)19-16(22)12-3-5-14(6-4-12)21-10-17-18-11-21/h3-6,10-11,13,15H,7-9H2,1-2H3,(H,19,22)/t13-,15-/m0/s1. The molecule has 1 aromatic carbocycles. The molecule has 2 atom stereocenters. The van der Waals surface area contributed by atoms with Crippen LogP contribution in [0.15, 0.2) is 36.9 Å². The third-order valence-electron chi connectivity index (χ3n) is 4.34. The summed E-state index contributed by atoms with van der Waals surface area (Å²) in [5.41, 5.74) is 1.33. The zero-order valence-electron chi connectivity index (χ0n) is 14.6. The Kier molecular flexibility index (Phi) is 5.35. The summed E-state index contributed by atoms with van der Waals surface area (Å²) in [4.78, 5) is 12.5. The van der Waals surface area contributed by atoms with Crippen LogP contribution in [0.5, 0.6) is 0 Å². The van der Waals surface area contributed by atoms with Crippen molar-refractivity contribution in [2.75, 3.05) is 33.1 Å². The summed E-state index contributed by atoms with van der Waals surface area (Å²) in [5, 5.41) is 10.4. The lowest BCUT2D eigenvalue weighted by atomic mass is 10.1. The molecule has 140 valence electrons. The van der Waals surface area contributed by atoms with Gasteiger partial charge in [0.05, 0.1) is 25.0 Å². The van der Waals surface area contributed by atoms with Crippen LogP contribution in [0.2, 0.25) is 0 Å². The summed E-state index contributed by atoms with van der Waals surface area (Å²) in [7, 11) is -0.366. The number of sulfonamides is 1. The molecule has 2 aromatic rings. The Hall–Kier alpha value is -2.30. The molecule has 3 rings (SSSR count). The van der Waals surface area contributed by atoms with Crippen LogP contribution < -0.4 is 5.32 Å². The summed E-state index contributed by atoms with van der Waals surface area (Å²) in [5.74, 6) is -0.594. The van der Waals surface area contributed by atoms with Crippen LogP contribution >= 0.6 is 0 Å². The Balaban J connectivity index is 1.65. The number of rotatable bonds is 6. The van der Waals surface area contributed by atoms with Crippen LogP contribution in [-0.2, 0) is 14.8 Å². The smallest absolute Gasteiger partial charge is 0.251 e. The molecule has 1 fully saturated rings. The van der Waals surface area contributed by atoms with Crippen molar-refractivity contribution in [3.05, 3.63) is 42.5 Å². The highest BCUT2D eigenvalue weighted by Gasteiger charge is 2.34. The van der Waals surface area contributed by atoms with Crippen LogP contribution in [0.1, 0.15) is 10.4 Å². The van der Waals surface area contributed by atoms with Gasteiger partial charge in [-0.3, -0.25) is 9.36 Å². The average Bonchev–Trinajstić information content (AvgIpc) is 3.27. The van der Waals surface area contributed by atoms with Gasteiger partial charge in [-0.25, -0.2) is 12.7 Å². The fourth-order valence-corrected chi connectivity index (χ4v) is 3.88. The molecule has 1 aromatic heterocycles. The Bertz CT molecular complexity index is 849. The maximum atomic E-state index is 12.5. The summed E-state index contributed by atoms with van der Waals surface area (Å²) in [6, 6.07) is 6.64. The van der Waals surface area contributed by atoms with Crippen molar-refractivity contribution in [3.8, 4) is 5.69 Å². The number of carbonyl (C=O) groups excluding carboxylic acids is 1. The van der Waals surface area contributed by atoms with E-state index in [1.807, 2.05) is 0 Å². The van der Waals surface area contributed by atoms with Gasteiger partial charge in [0, 0.05) is 31.3 Å². The van der Waals surface area contributed by atoms with Crippen molar-refractivity contribution in [3.63, 3.8) is 0 Å². The van der Waals surface area contributed by atoms with Crippen LogP contribution in [0.4, 0.5) is 0 Å². The van der Waals surface area contributed by atoms with E-state index in [1.165, 1.54) is 18.4 Å². The lowest BCUT2D eigenvalue weighted by Crippen LogP contribution is -2.43. The van der Waals surface area contributed by atoms with Crippen molar-refractivity contribution >= 4 is 15.9 Å². The van der Waals surface area contributed by atoms with E-state index < -0.39 is 10.0 Å². The van der Waals surface area contributed by atoms with Gasteiger partial charge in [-0.2, -0.15) is 0 Å². The number of aromatic nitrogens is 3. The fraction of sp³-hybridized carbons (Fsp3) is 0.438. The van der Waals surface area contributed by atoms with Crippen molar-refractivity contribution in [1.82, 2.24) is 24.4 Å². The van der Waals surface area contributed by atoms with Gasteiger partial charge in [-0.15, -0.1) is 10.2 Å². The van der Waals surface area contributed by atoms with Crippen molar-refractivity contribution in [1.29, 1.82) is 0 Å². The molecule has 26 heavy (non-hydrogen) atoms. The van der Waals surface area contributed by atoms with E-state index in [4.69, 9.17) is 4.74 Å². The Morgan fingerprint density at radius 2 is 1.88 bits per heavy atom. The predicted octanol–water partition coefficient (Wildman–Crippen LogP) is -0.0965. The molecule has 0 unspecified atom stereocenters. The predicted molar refractivity (Wildman–Crippen MR) is 94.4 cm³/mol. The number of nitrogens with one attached hydrogen (secondary N) is 1. The number of hydrogen-bond donors (Lipinski definition) is 1. The van der Waals surface area contributed by atoms with Gasteiger partial charge in [0.1, 0.15) is 12.7 Å². The second-order valence-corrected chi connectivity index (χ2v) is 8.58. The van der Waals surface area contributed by atoms with E-state index in [0.717, 1.165) is 5.69 Å². The normalized spacial score (nSPS) is 20.4. The second kappa shape index (κ2) is 7.52. The second-order valence-electron chi connectivity index (χ2n) is 6.35. The van der Waals surface area contributed by atoms with E-state index >= 15 is 0 Å². The molecule has 1 N–H and O–H groups in total. The highest BCUT2D eigenvalue weighted by molar-refractivity contribution is 7.89. The Labute approximate surface area is 152 Å². The summed E-state index contributed by atoms with van der Waals surface area (Å²) >= 11 is 0. The van der Waals surface area contributed by atoms with Gasteiger partial charge in [0.25, 0.3) is 5.91 Å². The van der Waals surface area contributed by atoms with Crippen molar-refractivity contribution in [2.24, 2.45) is 5.92 Å². The molecule has 1 amide bonds. The minimum Gasteiger partial charge on any atom is -0.379 e. The van der Waals surface area contributed by atoms with Crippen LogP contribution in [-0.4, -0.2) is 72.5 Å². The monoisotopic (exact) mass is 379 g/mol. The molecule has 10 heteroatoms. The highest BCUT2D eigenvalue weighted by atomic mass is 32.2. The lowest BCUT2D eigenvalue weighted by molar-refractivity contribution is 0.0926. The van der Waals surface area contributed by atoms with Crippen LogP contribution in [0, 0.1) is 5.92 Å².